The fourth-order valence-corrected chi connectivity index (χ4v) is 4.07. The van der Waals surface area contributed by atoms with E-state index in [0.29, 0.717) is 0 Å². The molecule has 0 aromatic carbocycles. The van der Waals surface area contributed by atoms with Crippen LogP contribution in [0.15, 0.2) is 0 Å². The Morgan fingerprint density at radius 3 is 1.75 bits per heavy atom. The molecule has 0 aromatic rings. The van der Waals surface area contributed by atoms with Crippen LogP contribution in [0, 0.1) is 10.8 Å². The molecule has 0 spiro atoms. The number of carbonyl (C=O) groups is 1. The molecular formula is C17H33NO2. The third-order valence-electron chi connectivity index (χ3n) is 4.48. The van der Waals surface area contributed by atoms with Gasteiger partial charge in [-0.2, -0.15) is 0 Å². The molecular weight excluding hydrogens is 250 g/mol. The van der Waals surface area contributed by atoms with Crippen LogP contribution in [0.3, 0.4) is 0 Å². The van der Waals surface area contributed by atoms with Crippen molar-refractivity contribution in [1.82, 2.24) is 4.90 Å². The van der Waals surface area contributed by atoms with E-state index >= 15 is 0 Å². The van der Waals surface area contributed by atoms with Crippen LogP contribution in [0.5, 0.6) is 0 Å². The van der Waals surface area contributed by atoms with Gasteiger partial charge in [-0.1, -0.05) is 41.5 Å². The monoisotopic (exact) mass is 283 g/mol. The molecule has 3 heteroatoms. The molecule has 1 fully saturated rings. The Hall–Kier alpha value is -0.730. The maximum Gasteiger partial charge on any atom is 0.410 e. The van der Waals surface area contributed by atoms with Crippen LogP contribution in [0.1, 0.15) is 75.2 Å². The Labute approximate surface area is 125 Å². The summed E-state index contributed by atoms with van der Waals surface area (Å²) in [6, 6.07) is 0. The normalized spacial score (nSPS) is 20.1. The maximum atomic E-state index is 12.7. The van der Waals surface area contributed by atoms with Crippen molar-refractivity contribution in [1.29, 1.82) is 0 Å². The quantitative estimate of drug-likeness (QED) is 0.636. The summed E-state index contributed by atoms with van der Waals surface area (Å²) < 4.78 is 5.65. The fourth-order valence-electron chi connectivity index (χ4n) is 4.07. The number of hydrogen-bond acceptors (Lipinski definition) is 2. The summed E-state index contributed by atoms with van der Waals surface area (Å²) in [6.07, 6.45) is 1.92. The van der Waals surface area contributed by atoms with E-state index in [9.17, 15) is 4.79 Å². The molecule has 0 N–H and O–H groups in total. The topological polar surface area (TPSA) is 29.5 Å². The van der Waals surface area contributed by atoms with Crippen molar-refractivity contribution in [3.63, 3.8) is 0 Å². The Balaban J connectivity index is 3.21. The number of rotatable bonds is 0. The second-order valence-electron chi connectivity index (χ2n) is 9.10. The lowest BCUT2D eigenvalue weighted by atomic mass is 9.59. The first-order valence-corrected chi connectivity index (χ1v) is 7.73. The zero-order chi connectivity index (χ0) is 16.0. The average Bonchev–Trinajstić information content (AvgIpc) is 2.56. The number of amides is 1. The summed E-state index contributed by atoms with van der Waals surface area (Å²) >= 11 is 0. The van der Waals surface area contributed by atoms with Crippen molar-refractivity contribution in [2.75, 3.05) is 6.54 Å². The van der Waals surface area contributed by atoms with Gasteiger partial charge in [-0.05, 0) is 44.4 Å². The number of hydrogen-bond donors (Lipinski definition) is 0. The van der Waals surface area contributed by atoms with Gasteiger partial charge < -0.3 is 9.64 Å². The number of carbonyl (C=O) groups excluding carboxylic acids is 1. The highest BCUT2D eigenvalue weighted by Crippen LogP contribution is 2.54. The first-order chi connectivity index (χ1) is 8.72. The maximum absolute atomic E-state index is 12.7. The minimum absolute atomic E-state index is 0.0126. The van der Waals surface area contributed by atoms with E-state index in [2.05, 4.69) is 41.5 Å². The highest BCUT2D eigenvalue weighted by molar-refractivity contribution is 5.70. The van der Waals surface area contributed by atoms with E-state index in [1.165, 1.54) is 0 Å². The summed E-state index contributed by atoms with van der Waals surface area (Å²) in [4.78, 5) is 14.7. The van der Waals surface area contributed by atoms with Gasteiger partial charge in [0.15, 0.2) is 0 Å². The lowest BCUT2D eigenvalue weighted by Crippen LogP contribution is -2.63. The van der Waals surface area contributed by atoms with Gasteiger partial charge in [-0.3, -0.25) is 0 Å². The molecule has 1 rings (SSSR count). The molecule has 0 aromatic heterocycles. The van der Waals surface area contributed by atoms with E-state index < -0.39 is 5.60 Å². The van der Waals surface area contributed by atoms with Crippen molar-refractivity contribution in [2.45, 2.75) is 86.3 Å². The van der Waals surface area contributed by atoms with Crippen molar-refractivity contribution in [3.05, 3.63) is 0 Å². The zero-order valence-electron chi connectivity index (χ0n) is 14.9. The van der Waals surface area contributed by atoms with E-state index in [0.717, 1.165) is 19.4 Å². The summed E-state index contributed by atoms with van der Waals surface area (Å²) in [5.41, 5.74) is -0.583. The predicted octanol–water partition coefficient (Wildman–Crippen LogP) is 4.85. The number of likely N-dealkylation sites (tertiary alicyclic amines) is 1. The number of nitrogens with zero attached hydrogens (tertiary/aromatic N) is 1. The van der Waals surface area contributed by atoms with Crippen LogP contribution < -0.4 is 0 Å². The molecule has 0 unspecified atom stereocenters. The minimum atomic E-state index is -0.443. The van der Waals surface area contributed by atoms with E-state index in [1.54, 1.807) is 0 Å². The molecule has 1 aliphatic heterocycles. The summed E-state index contributed by atoms with van der Waals surface area (Å²) in [6.45, 7) is 20.0. The third kappa shape index (κ3) is 2.96. The molecule has 3 nitrogen and oxygen atoms in total. The van der Waals surface area contributed by atoms with Gasteiger partial charge in [0, 0.05) is 6.54 Å². The second-order valence-corrected chi connectivity index (χ2v) is 9.10. The molecule has 0 radical (unpaired) electrons. The van der Waals surface area contributed by atoms with Gasteiger partial charge >= 0.3 is 6.09 Å². The summed E-state index contributed by atoms with van der Waals surface area (Å²) in [5, 5.41) is 0. The molecule has 0 saturated carbocycles. The zero-order valence-corrected chi connectivity index (χ0v) is 14.9. The van der Waals surface area contributed by atoms with Crippen LogP contribution in [-0.4, -0.2) is 28.7 Å². The van der Waals surface area contributed by atoms with Crippen LogP contribution in [0.25, 0.3) is 0 Å². The van der Waals surface area contributed by atoms with Gasteiger partial charge in [0.1, 0.15) is 5.60 Å². The Bertz CT molecular complexity index is 352. The van der Waals surface area contributed by atoms with Crippen molar-refractivity contribution in [2.24, 2.45) is 10.8 Å². The van der Waals surface area contributed by atoms with Gasteiger partial charge in [0.2, 0.25) is 0 Å². The molecule has 0 bridgehead atoms. The highest BCUT2D eigenvalue weighted by Gasteiger charge is 2.58. The molecule has 0 atom stereocenters. The summed E-state index contributed by atoms with van der Waals surface area (Å²) in [7, 11) is 0. The number of ether oxygens (including phenoxy) is 1. The van der Waals surface area contributed by atoms with Crippen LogP contribution in [0.4, 0.5) is 4.79 Å². The molecule has 1 heterocycles. The van der Waals surface area contributed by atoms with Crippen molar-refractivity contribution >= 4 is 6.09 Å². The third-order valence-corrected chi connectivity index (χ3v) is 4.48. The van der Waals surface area contributed by atoms with Crippen LogP contribution >= 0.6 is 0 Å². The molecule has 1 amide bonds. The van der Waals surface area contributed by atoms with Crippen LogP contribution in [0.2, 0.25) is 0 Å². The molecule has 1 saturated heterocycles. The average molecular weight is 283 g/mol. The smallest absolute Gasteiger partial charge is 0.410 e. The lowest BCUT2D eigenvalue weighted by molar-refractivity contribution is -0.0694. The van der Waals surface area contributed by atoms with E-state index in [1.807, 2.05) is 25.7 Å². The fraction of sp³-hybridized carbons (Fsp3) is 0.941. The first-order valence-electron chi connectivity index (χ1n) is 7.73. The standard InChI is InChI=1S/C17H33NO2/c1-14(2,3)17(15(4,5)6)11-10-12-18(17)13(19)20-16(7,8)9/h10-12H2,1-9H3. The minimum Gasteiger partial charge on any atom is -0.444 e. The van der Waals surface area contributed by atoms with Crippen molar-refractivity contribution < 1.29 is 9.53 Å². The Morgan fingerprint density at radius 2 is 1.40 bits per heavy atom. The predicted molar refractivity (Wildman–Crippen MR) is 83.8 cm³/mol. The lowest BCUT2D eigenvalue weighted by Gasteiger charge is -2.56. The molecule has 0 aliphatic carbocycles. The molecule has 20 heavy (non-hydrogen) atoms. The first kappa shape index (κ1) is 17.3. The molecule has 1 aliphatic rings. The SMILES string of the molecule is CC(C)(C)OC(=O)N1CCCC1(C(C)(C)C)C(C)(C)C. The largest absolute Gasteiger partial charge is 0.444 e. The highest BCUT2D eigenvalue weighted by atomic mass is 16.6. The van der Waals surface area contributed by atoms with Gasteiger partial charge in [0.05, 0.1) is 5.54 Å². The van der Waals surface area contributed by atoms with E-state index in [4.69, 9.17) is 4.74 Å². The second kappa shape index (κ2) is 4.92. The van der Waals surface area contributed by atoms with Gasteiger partial charge in [-0.15, -0.1) is 0 Å². The Kier molecular flexibility index (Phi) is 4.26. The Morgan fingerprint density at radius 1 is 0.950 bits per heavy atom. The van der Waals surface area contributed by atoms with Crippen LogP contribution in [-0.2, 0) is 4.74 Å². The van der Waals surface area contributed by atoms with Gasteiger partial charge in [-0.25, -0.2) is 4.79 Å². The molecule has 118 valence electrons. The van der Waals surface area contributed by atoms with Gasteiger partial charge in [0.25, 0.3) is 0 Å². The van der Waals surface area contributed by atoms with Crippen molar-refractivity contribution in [3.8, 4) is 0 Å². The summed E-state index contributed by atoms with van der Waals surface area (Å²) in [5.74, 6) is 0. The van der Waals surface area contributed by atoms with E-state index in [-0.39, 0.29) is 22.5 Å².